The smallest absolute Gasteiger partial charge is 0.270 e. The second-order valence-electron chi connectivity index (χ2n) is 2.48. The summed E-state index contributed by atoms with van der Waals surface area (Å²) in [4.78, 5) is 13.7. The molecule has 14 heavy (non-hydrogen) atoms. The minimum Gasteiger partial charge on any atom is -0.352 e. The number of halogens is 3. The number of aromatic amines is 1. The lowest BCUT2D eigenvalue weighted by Crippen LogP contribution is -2.17. The topological polar surface area (TPSA) is 56.6 Å². The number of alkyl halides is 3. The van der Waals surface area contributed by atoms with E-state index in [9.17, 15) is 13.6 Å². The first-order valence-electron chi connectivity index (χ1n) is 3.60. The van der Waals surface area contributed by atoms with Gasteiger partial charge in [-0.05, 0) is 0 Å². The first kappa shape index (κ1) is 10.9. The fraction of sp³-hybridized carbons (Fsp3) is 0.250. The quantitative estimate of drug-likeness (QED) is 0.830. The number of hydrogen-bond acceptors (Lipinski definition) is 2. The van der Waals surface area contributed by atoms with Gasteiger partial charge in [0.15, 0.2) is 5.43 Å². The summed E-state index contributed by atoms with van der Waals surface area (Å²) < 4.78 is 24.8. The fourth-order valence-corrected chi connectivity index (χ4v) is 1.41. The van der Waals surface area contributed by atoms with Crippen molar-refractivity contribution in [2.75, 3.05) is 0 Å². The van der Waals surface area contributed by atoms with Crippen molar-refractivity contribution in [2.45, 2.75) is 11.8 Å². The van der Waals surface area contributed by atoms with Crippen molar-refractivity contribution >= 4 is 15.9 Å². The van der Waals surface area contributed by atoms with Crippen molar-refractivity contribution in [3.63, 3.8) is 0 Å². The second kappa shape index (κ2) is 4.33. The predicted molar refractivity (Wildman–Crippen MR) is 49.4 cm³/mol. The van der Waals surface area contributed by atoms with Crippen molar-refractivity contribution in [3.8, 4) is 6.07 Å². The fourth-order valence-electron chi connectivity index (χ4n) is 0.989. The molecule has 6 heteroatoms. The van der Waals surface area contributed by atoms with Gasteiger partial charge < -0.3 is 4.98 Å². The Morgan fingerprint density at radius 2 is 2.29 bits per heavy atom. The van der Waals surface area contributed by atoms with Gasteiger partial charge in [0.2, 0.25) is 0 Å². The van der Waals surface area contributed by atoms with E-state index in [1.54, 1.807) is 0 Å². The van der Waals surface area contributed by atoms with Crippen LogP contribution in [0, 0.1) is 11.3 Å². The molecule has 0 aliphatic carbocycles. The summed E-state index contributed by atoms with van der Waals surface area (Å²) in [5, 5.41) is 8.66. The molecule has 0 spiro atoms. The molecule has 0 unspecified atom stereocenters. The zero-order chi connectivity index (χ0) is 10.7. The van der Waals surface area contributed by atoms with Gasteiger partial charge in [0.05, 0.1) is 5.56 Å². The molecule has 1 heterocycles. The highest BCUT2D eigenvalue weighted by atomic mass is 79.9. The third-order valence-corrected chi connectivity index (χ3v) is 2.27. The predicted octanol–water partition coefficient (Wildman–Crippen LogP) is 2.08. The normalized spacial score (nSPS) is 10.2. The van der Waals surface area contributed by atoms with E-state index in [-0.39, 0.29) is 16.6 Å². The van der Waals surface area contributed by atoms with E-state index in [0.29, 0.717) is 0 Å². The third-order valence-electron chi connectivity index (χ3n) is 1.67. The van der Waals surface area contributed by atoms with Crippen LogP contribution >= 0.6 is 15.9 Å². The maximum atomic E-state index is 12.4. The molecule has 0 aliphatic rings. The molecule has 74 valence electrons. The Kier molecular flexibility index (Phi) is 3.36. The van der Waals surface area contributed by atoms with Gasteiger partial charge in [-0.3, -0.25) is 4.79 Å². The van der Waals surface area contributed by atoms with Crippen molar-refractivity contribution in [2.24, 2.45) is 0 Å². The molecule has 0 amide bonds. The lowest BCUT2D eigenvalue weighted by atomic mass is 10.1. The average molecular weight is 263 g/mol. The van der Waals surface area contributed by atoms with Gasteiger partial charge in [0.1, 0.15) is 11.8 Å². The number of H-pyrrole nitrogens is 1. The zero-order valence-electron chi connectivity index (χ0n) is 6.85. The van der Waals surface area contributed by atoms with Crippen LogP contribution in [0.1, 0.15) is 23.2 Å². The highest BCUT2D eigenvalue weighted by Crippen LogP contribution is 2.18. The first-order chi connectivity index (χ1) is 6.61. The van der Waals surface area contributed by atoms with E-state index >= 15 is 0 Å². The average Bonchev–Trinajstić information content (AvgIpc) is 2.16. The minimum absolute atomic E-state index is 0.174. The van der Waals surface area contributed by atoms with E-state index in [1.165, 1.54) is 12.3 Å². The van der Waals surface area contributed by atoms with Gasteiger partial charge in [-0.25, -0.2) is 8.78 Å². The van der Waals surface area contributed by atoms with Gasteiger partial charge in [-0.2, -0.15) is 5.26 Å². The Morgan fingerprint density at radius 1 is 1.64 bits per heavy atom. The van der Waals surface area contributed by atoms with Gasteiger partial charge in [0.25, 0.3) is 6.43 Å². The molecule has 0 aromatic carbocycles. The molecule has 0 atom stereocenters. The molecule has 0 saturated carbocycles. The van der Waals surface area contributed by atoms with Crippen LogP contribution in [0.3, 0.4) is 0 Å². The summed E-state index contributed by atoms with van der Waals surface area (Å²) in [5.41, 5.74) is -1.74. The van der Waals surface area contributed by atoms with Crippen LogP contribution in [0.25, 0.3) is 0 Å². The Morgan fingerprint density at radius 3 is 2.71 bits per heavy atom. The molecule has 0 bridgehead atoms. The summed E-state index contributed by atoms with van der Waals surface area (Å²) in [5.74, 6) is 0. The van der Waals surface area contributed by atoms with E-state index in [4.69, 9.17) is 5.26 Å². The Hall–Kier alpha value is -1.22. The standard InChI is InChI=1S/C8H5BrF2N2O/c9-1-4-3-13-5(2-12)6(7(4)14)8(10)11/h3,8H,1H2,(H,13,14). The van der Waals surface area contributed by atoms with Crippen LogP contribution in [0.2, 0.25) is 0 Å². The second-order valence-corrected chi connectivity index (χ2v) is 3.04. The molecule has 1 N–H and O–H groups in total. The van der Waals surface area contributed by atoms with Crippen molar-refractivity contribution in [3.05, 3.63) is 33.2 Å². The van der Waals surface area contributed by atoms with E-state index < -0.39 is 17.4 Å². The zero-order valence-corrected chi connectivity index (χ0v) is 8.44. The van der Waals surface area contributed by atoms with Crippen LogP contribution in [-0.2, 0) is 5.33 Å². The molecule has 0 fully saturated rings. The molecule has 1 aromatic rings. The molecule has 0 saturated heterocycles. The largest absolute Gasteiger partial charge is 0.352 e. The number of nitrogens with zero attached hydrogens (tertiary/aromatic N) is 1. The molecule has 1 aromatic heterocycles. The summed E-state index contributed by atoms with van der Waals surface area (Å²) in [6.07, 6.45) is -1.69. The number of rotatable bonds is 2. The molecule has 0 radical (unpaired) electrons. The van der Waals surface area contributed by atoms with E-state index in [2.05, 4.69) is 20.9 Å². The van der Waals surface area contributed by atoms with Crippen LogP contribution in [-0.4, -0.2) is 4.98 Å². The van der Waals surface area contributed by atoms with E-state index in [0.717, 1.165) is 0 Å². The summed E-state index contributed by atoms with van der Waals surface area (Å²) >= 11 is 2.99. The lowest BCUT2D eigenvalue weighted by molar-refractivity contribution is 0.149. The van der Waals surface area contributed by atoms with E-state index in [1.807, 2.05) is 0 Å². The molecule has 1 rings (SSSR count). The van der Waals surface area contributed by atoms with Crippen molar-refractivity contribution < 1.29 is 8.78 Å². The minimum atomic E-state index is -2.94. The summed E-state index contributed by atoms with van der Waals surface area (Å²) in [6.45, 7) is 0. The van der Waals surface area contributed by atoms with Gasteiger partial charge in [-0.15, -0.1) is 0 Å². The van der Waals surface area contributed by atoms with Gasteiger partial charge in [0, 0.05) is 17.1 Å². The van der Waals surface area contributed by atoms with Crippen LogP contribution in [0.4, 0.5) is 8.78 Å². The SMILES string of the molecule is N#Cc1[nH]cc(CBr)c(=O)c1C(F)F. The highest BCUT2D eigenvalue weighted by molar-refractivity contribution is 9.08. The maximum absolute atomic E-state index is 12.4. The summed E-state index contributed by atoms with van der Waals surface area (Å²) in [7, 11) is 0. The molecular formula is C8H5BrF2N2O. The van der Waals surface area contributed by atoms with Crippen molar-refractivity contribution in [1.29, 1.82) is 5.26 Å². The maximum Gasteiger partial charge on any atom is 0.270 e. The number of pyridine rings is 1. The Bertz CT molecular complexity index is 436. The van der Waals surface area contributed by atoms with Crippen molar-refractivity contribution in [1.82, 2.24) is 4.98 Å². The number of nitriles is 1. The monoisotopic (exact) mass is 262 g/mol. The number of hydrogen-bond donors (Lipinski definition) is 1. The Balaban J connectivity index is 3.50. The van der Waals surface area contributed by atoms with Crippen LogP contribution in [0.5, 0.6) is 0 Å². The number of aromatic nitrogens is 1. The Labute approximate surface area is 86.5 Å². The lowest BCUT2D eigenvalue weighted by Gasteiger charge is -2.03. The molecule has 0 aliphatic heterocycles. The highest BCUT2D eigenvalue weighted by Gasteiger charge is 2.19. The van der Waals surface area contributed by atoms with Gasteiger partial charge in [-0.1, -0.05) is 15.9 Å². The van der Waals surface area contributed by atoms with Crippen LogP contribution in [0.15, 0.2) is 11.0 Å². The van der Waals surface area contributed by atoms with Crippen LogP contribution < -0.4 is 5.43 Å². The molecular weight excluding hydrogens is 258 g/mol. The first-order valence-corrected chi connectivity index (χ1v) is 4.72. The van der Waals surface area contributed by atoms with Gasteiger partial charge >= 0.3 is 0 Å². The number of nitrogens with one attached hydrogen (secondary N) is 1. The molecule has 3 nitrogen and oxygen atoms in total. The third kappa shape index (κ3) is 1.82. The summed E-state index contributed by atoms with van der Waals surface area (Å²) in [6, 6.07) is 1.52.